The van der Waals surface area contributed by atoms with E-state index in [1.165, 1.54) is 16.8 Å². The zero-order valence-corrected chi connectivity index (χ0v) is 11.8. The smallest absolute Gasteiger partial charge is 0.160 e. The summed E-state index contributed by atoms with van der Waals surface area (Å²) < 4.78 is 5.22. The van der Waals surface area contributed by atoms with Gasteiger partial charge in [-0.05, 0) is 35.7 Å². The first-order valence-electron chi connectivity index (χ1n) is 6.82. The first-order valence-corrected chi connectivity index (χ1v) is 6.82. The Morgan fingerprint density at radius 3 is 2.80 bits per heavy atom. The highest BCUT2D eigenvalue weighted by atomic mass is 16.5. The summed E-state index contributed by atoms with van der Waals surface area (Å²) in [4.78, 5) is 0. The number of para-hydroxylation sites is 1. The SMILES string of the molecule is COc1cc(C2(C)CNc3ccccc3C2)ccc1O. The monoisotopic (exact) mass is 269 g/mol. The van der Waals surface area contributed by atoms with Crippen LogP contribution in [0.1, 0.15) is 18.1 Å². The predicted octanol–water partition coefficient (Wildman–Crippen LogP) is 3.33. The van der Waals surface area contributed by atoms with Gasteiger partial charge >= 0.3 is 0 Å². The molecule has 0 fully saturated rings. The van der Waals surface area contributed by atoms with Crippen molar-refractivity contribution >= 4 is 5.69 Å². The quantitative estimate of drug-likeness (QED) is 0.878. The average molecular weight is 269 g/mol. The summed E-state index contributed by atoms with van der Waals surface area (Å²) in [6.45, 7) is 3.11. The lowest BCUT2D eigenvalue weighted by Crippen LogP contribution is -2.37. The molecule has 2 N–H and O–H groups in total. The molecule has 104 valence electrons. The Kier molecular flexibility index (Phi) is 3.05. The highest BCUT2D eigenvalue weighted by Gasteiger charge is 2.32. The van der Waals surface area contributed by atoms with Crippen LogP contribution >= 0.6 is 0 Å². The number of rotatable bonds is 2. The van der Waals surface area contributed by atoms with E-state index in [9.17, 15) is 5.11 Å². The van der Waals surface area contributed by atoms with Crippen LogP contribution in [0.2, 0.25) is 0 Å². The largest absolute Gasteiger partial charge is 0.504 e. The average Bonchev–Trinajstić information content (AvgIpc) is 2.47. The van der Waals surface area contributed by atoms with Crippen molar-refractivity contribution in [3.63, 3.8) is 0 Å². The van der Waals surface area contributed by atoms with E-state index < -0.39 is 0 Å². The van der Waals surface area contributed by atoms with Gasteiger partial charge in [-0.25, -0.2) is 0 Å². The van der Waals surface area contributed by atoms with E-state index in [2.05, 4.69) is 36.5 Å². The van der Waals surface area contributed by atoms with Gasteiger partial charge in [0.2, 0.25) is 0 Å². The van der Waals surface area contributed by atoms with E-state index in [-0.39, 0.29) is 11.2 Å². The van der Waals surface area contributed by atoms with Crippen LogP contribution in [0.5, 0.6) is 11.5 Å². The molecular formula is C17H19NO2. The van der Waals surface area contributed by atoms with Gasteiger partial charge in [0.15, 0.2) is 11.5 Å². The fraction of sp³-hybridized carbons (Fsp3) is 0.294. The van der Waals surface area contributed by atoms with Crippen molar-refractivity contribution in [2.24, 2.45) is 0 Å². The van der Waals surface area contributed by atoms with E-state index in [0.717, 1.165) is 13.0 Å². The van der Waals surface area contributed by atoms with Crippen molar-refractivity contribution in [3.05, 3.63) is 53.6 Å². The number of phenols is 1. The first-order chi connectivity index (χ1) is 9.62. The maximum absolute atomic E-state index is 9.73. The van der Waals surface area contributed by atoms with Gasteiger partial charge in [-0.1, -0.05) is 31.2 Å². The lowest BCUT2D eigenvalue weighted by atomic mass is 9.75. The highest BCUT2D eigenvalue weighted by Crippen LogP contribution is 2.38. The van der Waals surface area contributed by atoms with Gasteiger partial charge in [-0.15, -0.1) is 0 Å². The van der Waals surface area contributed by atoms with Crippen LogP contribution in [-0.2, 0) is 11.8 Å². The molecule has 1 unspecified atom stereocenters. The normalized spacial score (nSPS) is 20.9. The second-order valence-corrected chi connectivity index (χ2v) is 5.63. The topological polar surface area (TPSA) is 41.5 Å². The summed E-state index contributed by atoms with van der Waals surface area (Å²) in [6, 6.07) is 14.0. The van der Waals surface area contributed by atoms with E-state index in [1.807, 2.05) is 12.1 Å². The lowest BCUT2D eigenvalue weighted by molar-refractivity contribution is 0.370. The Labute approximate surface area is 119 Å². The standard InChI is InChI=1S/C17H19NO2/c1-17(13-7-8-15(19)16(9-13)20-2)10-12-5-3-4-6-14(12)18-11-17/h3-9,18-19H,10-11H2,1-2H3. The van der Waals surface area contributed by atoms with Crippen LogP contribution in [0.25, 0.3) is 0 Å². The van der Waals surface area contributed by atoms with Crippen molar-refractivity contribution in [2.45, 2.75) is 18.8 Å². The van der Waals surface area contributed by atoms with Crippen LogP contribution in [0, 0.1) is 0 Å². The zero-order valence-electron chi connectivity index (χ0n) is 11.8. The van der Waals surface area contributed by atoms with Crippen LogP contribution in [-0.4, -0.2) is 18.8 Å². The van der Waals surface area contributed by atoms with Crippen LogP contribution in [0.15, 0.2) is 42.5 Å². The third-order valence-corrected chi connectivity index (χ3v) is 4.14. The third-order valence-electron chi connectivity index (χ3n) is 4.14. The van der Waals surface area contributed by atoms with Gasteiger partial charge in [0, 0.05) is 17.6 Å². The molecule has 0 saturated carbocycles. The number of hydrogen-bond acceptors (Lipinski definition) is 3. The molecule has 1 aliphatic heterocycles. The molecule has 3 heteroatoms. The molecule has 20 heavy (non-hydrogen) atoms. The molecule has 0 radical (unpaired) electrons. The molecule has 0 bridgehead atoms. The molecule has 0 spiro atoms. The van der Waals surface area contributed by atoms with E-state index in [0.29, 0.717) is 5.75 Å². The first kappa shape index (κ1) is 12.9. The van der Waals surface area contributed by atoms with Crippen LogP contribution in [0.3, 0.4) is 0 Å². The molecule has 1 atom stereocenters. The minimum Gasteiger partial charge on any atom is -0.504 e. The molecular weight excluding hydrogens is 250 g/mol. The molecule has 1 aliphatic rings. The van der Waals surface area contributed by atoms with E-state index in [1.54, 1.807) is 13.2 Å². The Morgan fingerprint density at radius 1 is 1.20 bits per heavy atom. The summed E-state index contributed by atoms with van der Waals surface area (Å²) in [5.41, 5.74) is 3.72. The van der Waals surface area contributed by atoms with Crippen molar-refractivity contribution in [3.8, 4) is 11.5 Å². The summed E-state index contributed by atoms with van der Waals surface area (Å²) in [7, 11) is 1.58. The molecule has 1 heterocycles. The third kappa shape index (κ3) is 2.09. The van der Waals surface area contributed by atoms with Crippen molar-refractivity contribution in [2.75, 3.05) is 19.0 Å². The van der Waals surface area contributed by atoms with E-state index >= 15 is 0 Å². The van der Waals surface area contributed by atoms with Gasteiger partial charge in [0.05, 0.1) is 7.11 Å². The van der Waals surface area contributed by atoms with Crippen LogP contribution in [0.4, 0.5) is 5.69 Å². The molecule has 3 nitrogen and oxygen atoms in total. The Hall–Kier alpha value is -2.16. The minimum atomic E-state index is -0.00463. The molecule has 0 amide bonds. The van der Waals surface area contributed by atoms with E-state index in [4.69, 9.17) is 4.74 Å². The summed E-state index contributed by atoms with van der Waals surface area (Å²) in [5.74, 6) is 0.714. The Balaban J connectivity index is 1.98. The van der Waals surface area contributed by atoms with Crippen molar-refractivity contribution < 1.29 is 9.84 Å². The number of hydrogen-bond donors (Lipinski definition) is 2. The number of anilines is 1. The number of methoxy groups -OCH3 is 1. The number of aromatic hydroxyl groups is 1. The molecule has 0 aliphatic carbocycles. The van der Waals surface area contributed by atoms with Crippen molar-refractivity contribution in [1.82, 2.24) is 0 Å². The second kappa shape index (κ2) is 4.75. The fourth-order valence-corrected chi connectivity index (χ4v) is 2.88. The highest BCUT2D eigenvalue weighted by molar-refractivity contribution is 5.56. The van der Waals surface area contributed by atoms with Crippen molar-refractivity contribution in [1.29, 1.82) is 0 Å². The maximum atomic E-state index is 9.73. The van der Waals surface area contributed by atoms with Gasteiger partial charge in [-0.3, -0.25) is 0 Å². The lowest BCUT2D eigenvalue weighted by Gasteiger charge is -2.36. The number of nitrogens with one attached hydrogen (secondary N) is 1. The van der Waals surface area contributed by atoms with Crippen LogP contribution < -0.4 is 10.1 Å². The Bertz CT molecular complexity index is 639. The van der Waals surface area contributed by atoms with Gasteiger partial charge in [0.25, 0.3) is 0 Å². The molecule has 2 aromatic rings. The summed E-state index contributed by atoms with van der Waals surface area (Å²) >= 11 is 0. The summed E-state index contributed by atoms with van der Waals surface area (Å²) in [5, 5.41) is 13.2. The predicted molar refractivity (Wildman–Crippen MR) is 80.6 cm³/mol. The zero-order chi connectivity index (χ0) is 14.2. The van der Waals surface area contributed by atoms with Gasteiger partial charge < -0.3 is 15.2 Å². The molecule has 2 aromatic carbocycles. The molecule has 0 saturated heterocycles. The summed E-state index contributed by atoms with van der Waals surface area (Å²) in [6.07, 6.45) is 0.976. The fourth-order valence-electron chi connectivity index (χ4n) is 2.88. The number of benzene rings is 2. The number of fused-ring (bicyclic) bond motifs is 1. The molecule has 0 aromatic heterocycles. The minimum absolute atomic E-state index is 0.00463. The van der Waals surface area contributed by atoms with Gasteiger partial charge in [-0.2, -0.15) is 0 Å². The number of phenolic OH excluding ortho intramolecular Hbond substituents is 1. The Morgan fingerprint density at radius 2 is 2.00 bits per heavy atom. The molecule has 3 rings (SSSR count). The van der Waals surface area contributed by atoms with Gasteiger partial charge in [0.1, 0.15) is 0 Å². The number of ether oxygens (including phenoxy) is 1. The second-order valence-electron chi connectivity index (χ2n) is 5.63. The maximum Gasteiger partial charge on any atom is 0.160 e.